The molecule has 126 valence electrons. The molecule has 1 N–H and O–H groups in total. The van der Waals surface area contributed by atoms with E-state index in [0.717, 1.165) is 0 Å². The molecule has 1 rings (SSSR count). The minimum Gasteiger partial charge on any atom is -0.508 e. The standard InChI is InChI=1S/C20H34OS/c1-3-4-5-6-7-8-9-10-11-12-17-22-18(2)19-13-15-20(21)16-14-19/h13-16,18,21H,3-12,17H2,1-2H3. The van der Waals surface area contributed by atoms with Crippen molar-refractivity contribution in [3.05, 3.63) is 29.8 Å². The first-order valence-corrected chi connectivity index (χ1v) is 10.2. The molecule has 0 saturated carbocycles. The summed E-state index contributed by atoms with van der Waals surface area (Å²) in [4.78, 5) is 0. The third-order valence-corrected chi connectivity index (χ3v) is 5.52. The number of aromatic hydroxyl groups is 1. The molecule has 0 aliphatic heterocycles. The van der Waals surface area contributed by atoms with Gasteiger partial charge in [-0.1, -0.05) is 76.8 Å². The molecular formula is C20H34OS. The molecule has 0 aromatic heterocycles. The van der Waals surface area contributed by atoms with Gasteiger partial charge >= 0.3 is 0 Å². The lowest BCUT2D eigenvalue weighted by molar-refractivity contribution is 0.475. The van der Waals surface area contributed by atoms with Gasteiger partial charge in [0.15, 0.2) is 0 Å². The summed E-state index contributed by atoms with van der Waals surface area (Å²) in [5.74, 6) is 1.61. The minimum atomic E-state index is 0.357. The van der Waals surface area contributed by atoms with Gasteiger partial charge in [-0.15, -0.1) is 0 Å². The highest BCUT2D eigenvalue weighted by molar-refractivity contribution is 7.99. The minimum absolute atomic E-state index is 0.357. The van der Waals surface area contributed by atoms with Crippen LogP contribution in [0.1, 0.15) is 88.9 Å². The Bertz CT molecular complexity index is 360. The van der Waals surface area contributed by atoms with Gasteiger partial charge in [-0.05, 0) is 36.8 Å². The van der Waals surface area contributed by atoms with Crippen molar-refractivity contribution in [2.45, 2.75) is 83.3 Å². The third kappa shape index (κ3) is 9.40. The van der Waals surface area contributed by atoms with E-state index in [0.29, 0.717) is 11.0 Å². The second kappa shape index (κ2) is 12.9. The van der Waals surface area contributed by atoms with Gasteiger partial charge in [-0.25, -0.2) is 0 Å². The second-order valence-electron chi connectivity index (χ2n) is 6.29. The molecule has 1 unspecified atom stereocenters. The second-order valence-corrected chi connectivity index (χ2v) is 7.74. The highest BCUT2D eigenvalue weighted by Crippen LogP contribution is 2.30. The molecular weight excluding hydrogens is 288 g/mol. The molecule has 2 heteroatoms. The van der Waals surface area contributed by atoms with Crippen molar-refractivity contribution in [3.8, 4) is 5.75 Å². The summed E-state index contributed by atoms with van der Waals surface area (Å²) in [5, 5.41) is 9.84. The monoisotopic (exact) mass is 322 g/mol. The average Bonchev–Trinajstić information content (AvgIpc) is 2.53. The van der Waals surface area contributed by atoms with Crippen molar-refractivity contribution < 1.29 is 5.11 Å². The van der Waals surface area contributed by atoms with E-state index in [2.05, 4.69) is 13.8 Å². The van der Waals surface area contributed by atoms with Crippen molar-refractivity contribution >= 4 is 11.8 Å². The average molecular weight is 323 g/mol. The molecule has 0 heterocycles. The molecule has 0 aliphatic rings. The summed E-state index contributed by atoms with van der Waals surface area (Å²) in [6.45, 7) is 4.54. The van der Waals surface area contributed by atoms with Crippen LogP contribution in [0.15, 0.2) is 24.3 Å². The van der Waals surface area contributed by atoms with Crippen LogP contribution in [0.5, 0.6) is 5.75 Å². The number of rotatable bonds is 13. The first kappa shape index (κ1) is 19.4. The molecule has 0 saturated heterocycles. The predicted molar refractivity (Wildman–Crippen MR) is 101 cm³/mol. The Morgan fingerprint density at radius 2 is 1.32 bits per heavy atom. The Balaban J connectivity index is 1.92. The van der Waals surface area contributed by atoms with Gasteiger partial charge in [0.25, 0.3) is 0 Å². The van der Waals surface area contributed by atoms with Crippen molar-refractivity contribution in [1.82, 2.24) is 0 Å². The van der Waals surface area contributed by atoms with Crippen molar-refractivity contribution in [2.75, 3.05) is 5.75 Å². The van der Waals surface area contributed by atoms with Crippen LogP contribution in [-0.4, -0.2) is 10.9 Å². The van der Waals surface area contributed by atoms with Crippen LogP contribution in [0.2, 0.25) is 0 Å². The summed E-state index contributed by atoms with van der Waals surface area (Å²) in [7, 11) is 0. The van der Waals surface area contributed by atoms with Crippen molar-refractivity contribution in [1.29, 1.82) is 0 Å². The van der Waals surface area contributed by atoms with Gasteiger partial charge in [0.2, 0.25) is 0 Å². The van der Waals surface area contributed by atoms with Crippen LogP contribution < -0.4 is 0 Å². The maximum atomic E-state index is 9.31. The number of unbranched alkanes of at least 4 members (excludes halogenated alkanes) is 9. The van der Waals surface area contributed by atoms with Gasteiger partial charge in [-0.2, -0.15) is 11.8 Å². The van der Waals surface area contributed by atoms with E-state index in [4.69, 9.17) is 0 Å². The lowest BCUT2D eigenvalue weighted by Crippen LogP contribution is -1.90. The van der Waals surface area contributed by atoms with E-state index >= 15 is 0 Å². The molecule has 0 aliphatic carbocycles. The van der Waals surface area contributed by atoms with Gasteiger partial charge in [-0.3, -0.25) is 0 Å². The number of phenols is 1. The van der Waals surface area contributed by atoms with Crippen LogP contribution in [0.25, 0.3) is 0 Å². The number of hydrogen-bond donors (Lipinski definition) is 1. The number of benzene rings is 1. The maximum absolute atomic E-state index is 9.31. The molecule has 0 bridgehead atoms. The Morgan fingerprint density at radius 1 is 0.818 bits per heavy atom. The Hall–Kier alpha value is -0.630. The molecule has 1 nitrogen and oxygen atoms in total. The molecule has 1 aromatic rings. The largest absolute Gasteiger partial charge is 0.508 e. The van der Waals surface area contributed by atoms with E-state index in [-0.39, 0.29) is 0 Å². The first-order valence-electron chi connectivity index (χ1n) is 9.14. The van der Waals surface area contributed by atoms with E-state index in [1.807, 2.05) is 23.9 Å². The Labute approximate surface area is 141 Å². The molecule has 0 radical (unpaired) electrons. The molecule has 1 aromatic carbocycles. The van der Waals surface area contributed by atoms with Crippen LogP contribution in [0, 0.1) is 0 Å². The molecule has 0 fully saturated rings. The van der Waals surface area contributed by atoms with Gasteiger partial charge in [0.05, 0.1) is 0 Å². The number of phenolic OH excluding ortho intramolecular Hbond substituents is 1. The normalized spacial score (nSPS) is 12.5. The molecule has 22 heavy (non-hydrogen) atoms. The molecule has 1 atom stereocenters. The Kier molecular flexibility index (Phi) is 11.4. The number of thioether (sulfide) groups is 1. The first-order chi connectivity index (χ1) is 10.7. The topological polar surface area (TPSA) is 20.2 Å². The summed E-state index contributed by atoms with van der Waals surface area (Å²) >= 11 is 2.03. The zero-order chi connectivity index (χ0) is 16.0. The fraction of sp³-hybridized carbons (Fsp3) is 0.700. The highest BCUT2D eigenvalue weighted by Gasteiger charge is 2.05. The Morgan fingerprint density at radius 3 is 1.86 bits per heavy atom. The van der Waals surface area contributed by atoms with Crippen molar-refractivity contribution in [3.63, 3.8) is 0 Å². The molecule has 0 spiro atoms. The van der Waals surface area contributed by atoms with Crippen LogP contribution >= 0.6 is 11.8 Å². The van der Waals surface area contributed by atoms with Gasteiger partial charge < -0.3 is 5.11 Å². The lowest BCUT2D eigenvalue weighted by Gasteiger charge is -2.11. The van der Waals surface area contributed by atoms with Crippen molar-refractivity contribution in [2.24, 2.45) is 0 Å². The van der Waals surface area contributed by atoms with E-state index < -0.39 is 0 Å². The van der Waals surface area contributed by atoms with E-state index in [9.17, 15) is 5.11 Å². The lowest BCUT2D eigenvalue weighted by atomic mass is 10.1. The quantitative estimate of drug-likeness (QED) is 0.390. The van der Waals surface area contributed by atoms with Gasteiger partial charge in [0.1, 0.15) is 5.75 Å². The summed E-state index contributed by atoms with van der Waals surface area (Å²) in [6, 6.07) is 7.64. The SMILES string of the molecule is CCCCCCCCCCCCSC(C)c1ccc(O)cc1. The fourth-order valence-corrected chi connectivity index (χ4v) is 3.77. The number of hydrogen-bond acceptors (Lipinski definition) is 2. The van der Waals surface area contributed by atoms with Crippen LogP contribution in [0.3, 0.4) is 0 Å². The van der Waals surface area contributed by atoms with Crippen LogP contribution in [0.4, 0.5) is 0 Å². The zero-order valence-electron chi connectivity index (χ0n) is 14.5. The van der Waals surface area contributed by atoms with E-state index in [1.54, 1.807) is 12.1 Å². The van der Waals surface area contributed by atoms with Gasteiger partial charge in [0, 0.05) is 5.25 Å². The highest BCUT2D eigenvalue weighted by atomic mass is 32.2. The summed E-state index contributed by atoms with van der Waals surface area (Å²) in [5.41, 5.74) is 1.31. The third-order valence-electron chi connectivity index (χ3n) is 4.23. The smallest absolute Gasteiger partial charge is 0.115 e. The zero-order valence-corrected chi connectivity index (χ0v) is 15.3. The van der Waals surface area contributed by atoms with E-state index in [1.165, 1.54) is 75.5 Å². The summed E-state index contributed by atoms with van der Waals surface area (Å²) < 4.78 is 0. The van der Waals surface area contributed by atoms with Crippen LogP contribution in [-0.2, 0) is 0 Å². The molecule has 0 amide bonds. The maximum Gasteiger partial charge on any atom is 0.115 e. The summed E-state index contributed by atoms with van der Waals surface area (Å²) in [6.07, 6.45) is 14.0. The fourth-order valence-electron chi connectivity index (χ4n) is 2.69. The predicted octanol–water partition coefficient (Wildman–Crippen LogP) is 7.11.